The minimum atomic E-state index is -0.745. The molecule has 2 aromatic heterocycles. The number of primary amides is 2. The molecule has 4 aromatic carbocycles. The predicted octanol–water partition coefficient (Wildman–Crippen LogP) is 7.05. The van der Waals surface area contributed by atoms with E-state index in [1.807, 2.05) is 13.8 Å². The van der Waals surface area contributed by atoms with Gasteiger partial charge in [-0.3, -0.25) is 9.59 Å². The largest absolute Gasteiger partial charge is 0.453 e. The van der Waals surface area contributed by atoms with Crippen molar-refractivity contribution in [2.45, 2.75) is 65.2 Å². The van der Waals surface area contributed by atoms with Crippen LogP contribution in [0, 0.1) is 0 Å². The number of aromatic amines is 2. The smallest absolute Gasteiger partial charge is 0.404 e. The van der Waals surface area contributed by atoms with Crippen molar-refractivity contribution in [1.29, 1.82) is 0 Å². The van der Waals surface area contributed by atoms with Gasteiger partial charge in [0, 0.05) is 38.8 Å². The number of benzene rings is 4. The zero-order chi connectivity index (χ0) is 40.5. The summed E-state index contributed by atoms with van der Waals surface area (Å²) in [6.45, 7) is 5.16. The molecule has 14 nitrogen and oxygen atoms in total. The lowest BCUT2D eigenvalue weighted by Gasteiger charge is -2.08. The normalized spacial score (nSPS) is 10.6. The van der Waals surface area contributed by atoms with E-state index < -0.39 is 12.2 Å². The molecule has 0 radical (unpaired) electrons. The molecule has 56 heavy (non-hydrogen) atoms. The van der Waals surface area contributed by atoms with E-state index in [-0.39, 0.29) is 11.8 Å². The highest BCUT2D eigenvalue weighted by Gasteiger charge is 2.09. The number of carbonyl (C=O) groups is 4. The zero-order valence-corrected chi connectivity index (χ0v) is 32.5. The molecule has 6 aromatic rings. The van der Waals surface area contributed by atoms with Gasteiger partial charge < -0.3 is 41.5 Å². The van der Waals surface area contributed by atoms with Crippen LogP contribution in [-0.4, -0.2) is 71.2 Å². The predicted molar refractivity (Wildman–Crippen MR) is 220 cm³/mol. The number of aryl methyl sites for hydroxylation is 2. The molecule has 0 fully saturated rings. The molecule has 0 spiro atoms. The molecule has 6 rings (SSSR count). The summed E-state index contributed by atoms with van der Waals surface area (Å²) in [5.41, 5.74) is 17.5. The number of unbranched alkanes of at least 4 members (excludes halogenated alkanes) is 2. The van der Waals surface area contributed by atoms with Crippen LogP contribution in [0.3, 0.4) is 0 Å². The first-order chi connectivity index (χ1) is 27.0. The van der Waals surface area contributed by atoms with Crippen molar-refractivity contribution in [1.82, 2.24) is 30.6 Å². The van der Waals surface area contributed by atoms with E-state index in [1.165, 1.54) is 25.0 Å². The topological polar surface area (TPSA) is 220 Å². The van der Waals surface area contributed by atoms with Crippen LogP contribution in [0.25, 0.3) is 55.1 Å². The number of nitrogens with zero attached hydrogens (tertiary/aromatic N) is 2. The fourth-order valence-electron chi connectivity index (χ4n) is 5.87. The first-order valence-corrected chi connectivity index (χ1v) is 18.8. The highest BCUT2D eigenvalue weighted by molar-refractivity contribution is 5.93. The second kappa shape index (κ2) is 21.4. The summed E-state index contributed by atoms with van der Waals surface area (Å²) in [5, 5.41) is 8.26. The minimum absolute atomic E-state index is 0.102. The van der Waals surface area contributed by atoms with Crippen molar-refractivity contribution in [3.05, 3.63) is 84.4 Å². The molecule has 0 saturated heterocycles. The third kappa shape index (κ3) is 12.9. The summed E-state index contributed by atoms with van der Waals surface area (Å²) in [4.78, 5) is 58.2. The number of hydrogen-bond donors (Lipinski definition) is 6. The quantitative estimate of drug-likeness (QED) is 0.0630. The number of H-pyrrole nitrogens is 2. The van der Waals surface area contributed by atoms with Crippen LogP contribution < -0.4 is 22.1 Å². The summed E-state index contributed by atoms with van der Waals surface area (Å²) >= 11 is 0. The third-order valence-corrected chi connectivity index (χ3v) is 8.94. The van der Waals surface area contributed by atoms with Crippen molar-refractivity contribution in [2.24, 2.45) is 11.5 Å². The van der Waals surface area contributed by atoms with Gasteiger partial charge in [-0.25, -0.2) is 19.6 Å². The Labute approximate surface area is 326 Å². The second-order valence-electron chi connectivity index (χ2n) is 13.0. The molecule has 0 unspecified atom stereocenters. The first-order valence-electron chi connectivity index (χ1n) is 18.8. The van der Waals surface area contributed by atoms with Crippen molar-refractivity contribution in [2.75, 3.05) is 27.3 Å². The van der Waals surface area contributed by atoms with Gasteiger partial charge in [0.15, 0.2) is 0 Å². The number of nitrogens with two attached hydrogens (primary N) is 2. The lowest BCUT2D eigenvalue weighted by Crippen LogP contribution is -2.23. The number of fused-ring (bicyclic) bond motifs is 3. The molecule has 2 heterocycles. The summed E-state index contributed by atoms with van der Waals surface area (Å²) in [6, 6.07) is 26.1. The maximum absolute atomic E-state index is 11.4. The fraction of sp³-hybridized carbons (Fsp3) is 0.333. The molecule has 0 aliphatic rings. The van der Waals surface area contributed by atoms with Gasteiger partial charge in [-0.05, 0) is 95.1 Å². The molecule has 0 atom stereocenters. The molecule has 0 saturated carbocycles. The van der Waals surface area contributed by atoms with Gasteiger partial charge >= 0.3 is 12.2 Å². The van der Waals surface area contributed by atoms with E-state index in [4.69, 9.17) is 9.97 Å². The lowest BCUT2D eigenvalue weighted by atomic mass is 9.97. The maximum Gasteiger partial charge on any atom is 0.404 e. The Hall–Kier alpha value is -6.44. The van der Waals surface area contributed by atoms with Crippen LogP contribution in [-0.2, 0) is 31.9 Å². The van der Waals surface area contributed by atoms with Gasteiger partial charge in [-0.1, -0.05) is 50.2 Å². The average Bonchev–Trinajstić information content (AvgIpc) is 3.83. The average molecular weight is 765 g/mol. The number of imidazole rings is 2. The number of ether oxygens (including phenoxy) is 2. The number of methoxy groups -OCH3 is 2. The third-order valence-electron chi connectivity index (χ3n) is 8.94. The molecule has 0 bridgehead atoms. The van der Waals surface area contributed by atoms with Crippen LogP contribution >= 0.6 is 0 Å². The highest BCUT2D eigenvalue weighted by atomic mass is 16.5. The van der Waals surface area contributed by atoms with Crippen molar-refractivity contribution < 1.29 is 28.7 Å². The number of amides is 4. The Kier molecular flexibility index (Phi) is 16.2. The summed E-state index contributed by atoms with van der Waals surface area (Å²) < 4.78 is 7.78. The first kappa shape index (κ1) is 42.3. The highest BCUT2D eigenvalue weighted by Crippen LogP contribution is 2.31. The number of aromatic nitrogens is 4. The van der Waals surface area contributed by atoms with E-state index in [2.05, 4.69) is 114 Å². The monoisotopic (exact) mass is 764 g/mol. The molecule has 4 amide bonds. The maximum atomic E-state index is 11.4. The number of carbonyl (C=O) groups excluding carboxylic acids is 4. The van der Waals surface area contributed by atoms with E-state index in [1.54, 1.807) is 0 Å². The van der Waals surface area contributed by atoms with E-state index in [0.717, 1.165) is 94.5 Å². The molecular formula is C42H52N8O6. The minimum Gasteiger partial charge on any atom is -0.453 e. The van der Waals surface area contributed by atoms with E-state index in [9.17, 15) is 19.2 Å². The summed E-state index contributed by atoms with van der Waals surface area (Å²) in [6.07, 6.45) is 5.09. The van der Waals surface area contributed by atoms with Crippen molar-refractivity contribution in [3.63, 3.8) is 0 Å². The summed E-state index contributed by atoms with van der Waals surface area (Å²) in [7, 11) is 2.45. The van der Waals surface area contributed by atoms with Gasteiger partial charge in [-0.15, -0.1) is 0 Å². The number of rotatable bonds is 14. The Bertz CT molecular complexity index is 2090. The van der Waals surface area contributed by atoms with Gasteiger partial charge in [0.05, 0.1) is 36.3 Å². The van der Waals surface area contributed by atoms with E-state index >= 15 is 0 Å². The van der Waals surface area contributed by atoms with Gasteiger partial charge in [0.2, 0.25) is 11.8 Å². The lowest BCUT2D eigenvalue weighted by molar-refractivity contribution is -0.121. The van der Waals surface area contributed by atoms with Crippen LogP contribution in [0.1, 0.15) is 64.0 Å². The van der Waals surface area contributed by atoms with Gasteiger partial charge in [-0.2, -0.15) is 0 Å². The Morgan fingerprint density at radius 2 is 0.946 bits per heavy atom. The SMILES string of the molecule is CCC(=O)NCCCCc1nc2ccc(-c3ccc4ccc(-c5ccc6nc(CCCCNC(=O)CC)[nH]c6c5)cc4c3)cc2[nH]1.COC(N)=O.COC(N)=O. The van der Waals surface area contributed by atoms with Crippen LogP contribution in [0.15, 0.2) is 72.8 Å². The zero-order valence-electron chi connectivity index (χ0n) is 32.5. The number of nitrogens with one attached hydrogen (secondary N) is 4. The number of hydrogen-bond acceptors (Lipinski definition) is 8. The standard InChI is InChI=1S/C38H42N6O2.2C2H5NO2/c1-3-37(45)39-19-7-5-9-35-41-31-17-15-28(23-33(31)43-35)26-13-11-25-12-14-27(22-30(25)21-26)29-16-18-32-34(24-29)44-36(42-32)10-6-8-20-40-38(46)4-2;2*1-5-2(3)4/h11-18,21-24H,3-10,19-20H2,1-2H3,(H,39,45)(H,40,46)(H,41,43)(H,42,44);2*1H3,(H2,3,4). The molecule has 0 aliphatic carbocycles. The molecular weight excluding hydrogens is 713 g/mol. The molecule has 296 valence electrons. The van der Waals surface area contributed by atoms with E-state index in [0.29, 0.717) is 25.9 Å². The van der Waals surface area contributed by atoms with Crippen LogP contribution in [0.4, 0.5) is 9.59 Å². The Morgan fingerprint density at radius 1 is 0.571 bits per heavy atom. The fourth-order valence-corrected chi connectivity index (χ4v) is 5.87. The molecule has 0 aliphatic heterocycles. The van der Waals surface area contributed by atoms with Crippen molar-refractivity contribution in [3.8, 4) is 22.3 Å². The van der Waals surface area contributed by atoms with Gasteiger partial charge in [0.25, 0.3) is 0 Å². The molecule has 8 N–H and O–H groups in total. The molecule has 14 heteroatoms. The van der Waals surface area contributed by atoms with Crippen molar-refractivity contribution >= 4 is 56.8 Å². The van der Waals surface area contributed by atoms with Crippen LogP contribution in [0.5, 0.6) is 0 Å². The Balaban J connectivity index is 0.000000620. The van der Waals surface area contributed by atoms with Gasteiger partial charge in [0.1, 0.15) is 11.6 Å². The second-order valence-corrected chi connectivity index (χ2v) is 13.0. The Morgan fingerprint density at radius 3 is 1.32 bits per heavy atom. The van der Waals surface area contributed by atoms with Crippen LogP contribution in [0.2, 0.25) is 0 Å². The summed E-state index contributed by atoms with van der Waals surface area (Å²) in [5.74, 6) is 2.17.